The normalized spacial score (nSPS) is 11.0. The summed E-state index contributed by atoms with van der Waals surface area (Å²) in [6, 6.07) is 15.8. The highest BCUT2D eigenvalue weighted by molar-refractivity contribution is 6.50. The highest BCUT2D eigenvalue weighted by Crippen LogP contribution is 2.07. The molecule has 0 aliphatic carbocycles. The average Bonchev–Trinajstić information content (AvgIpc) is 2.64. The lowest BCUT2D eigenvalue weighted by Gasteiger charge is -2.06. The van der Waals surface area contributed by atoms with Gasteiger partial charge in [-0.2, -0.15) is 5.10 Å². The first-order valence-electron chi connectivity index (χ1n) is 6.96. The van der Waals surface area contributed by atoms with Gasteiger partial charge in [0.25, 0.3) is 0 Å². The molecular formula is C17H13N5O. The van der Waals surface area contributed by atoms with Crippen LogP contribution < -0.4 is 5.43 Å². The molecule has 3 aromatic heterocycles. The van der Waals surface area contributed by atoms with Crippen molar-refractivity contribution in [3.05, 3.63) is 84.6 Å². The molecule has 0 bridgehead atoms. The molecule has 0 radical (unpaired) electrons. The molecule has 1 N–H and O–H groups in total. The van der Waals surface area contributed by atoms with Gasteiger partial charge in [0.2, 0.25) is 5.78 Å². The smallest absolute Gasteiger partial charge is 0.233 e. The second kappa shape index (κ2) is 7.04. The van der Waals surface area contributed by atoms with Crippen LogP contribution in [-0.2, 0) is 0 Å². The maximum absolute atomic E-state index is 12.7. The lowest BCUT2D eigenvalue weighted by atomic mass is 10.1. The number of hydrazone groups is 1. The number of ketones is 1. The monoisotopic (exact) mass is 303 g/mol. The zero-order valence-electron chi connectivity index (χ0n) is 12.1. The molecule has 112 valence electrons. The summed E-state index contributed by atoms with van der Waals surface area (Å²) in [7, 11) is 0. The molecule has 0 amide bonds. The minimum atomic E-state index is -0.312. The molecule has 3 aromatic rings. The van der Waals surface area contributed by atoms with Crippen molar-refractivity contribution in [1.29, 1.82) is 0 Å². The van der Waals surface area contributed by atoms with Gasteiger partial charge in [0.1, 0.15) is 11.5 Å². The number of nitrogens with zero attached hydrogens (tertiary/aromatic N) is 4. The van der Waals surface area contributed by atoms with E-state index in [0.717, 1.165) is 0 Å². The Kier molecular flexibility index (Phi) is 4.44. The van der Waals surface area contributed by atoms with Crippen LogP contribution in [0, 0.1) is 0 Å². The largest absolute Gasteiger partial charge is 0.285 e. The van der Waals surface area contributed by atoms with Crippen molar-refractivity contribution < 1.29 is 4.79 Å². The molecule has 0 saturated carbocycles. The van der Waals surface area contributed by atoms with Gasteiger partial charge < -0.3 is 0 Å². The predicted octanol–water partition coefficient (Wildman–Crippen LogP) is 2.57. The number of Topliss-reactive ketones (excluding diaryl/α,β-unsaturated/α-hetero) is 1. The van der Waals surface area contributed by atoms with Gasteiger partial charge in [-0.05, 0) is 36.4 Å². The number of hydrogen-bond donors (Lipinski definition) is 1. The van der Waals surface area contributed by atoms with Gasteiger partial charge in [0.05, 0.1) is 5.69 Å². The van der Waals surface area contributed by atoms with Crippen LogP contribution in [0.3, 0.4) is 0 Å². The Balaban J connectivity index is 1.96. The van der Waals surface area contributed by atoms with Gasteiger partial charge >= 0.3 is 0 Å². The molecule has 0 fully saturated rings. The van der Waals surface area contributed by atoms with Crippen molar-refractivity contribution in [1.82, 2.24) is 15.0 Å². The average molecular weight is 303 g/mol. The number of pyridine rings is 3. The van der Waals surface area contributed by atoms with Gasteiger partial charge in [-0.25, -0.2) is 4.98 Å². The SMILES string of the molecule is O=C(C(=NNc1ccccn1)c1ccccn1)c1ccccn1. The van der Waals surface area contributed by atoms with Crippen molar-refractivity contribution in [2.24, 2.45) is 5.10 Å². The molecule has 0 unspecified atom stereocenters. The lowest BCUT2D eigenvalue weighted by Crippen LogP contribution is -2.20. The van der Waals surface area contributed by atoms with Gasteiger partial charge in [0.15, 0.2) is 5.71 Å². The maximum Gasteiger partial charge on any atom is 0.233 e. The summed E-state index contributed by atoms with van der Waals surface area (Å²) in [4.78, 5) is 25.1. The van der Waals surface area contributed by atoms with Crippen LogP contribution in [0.25, 0.3) is 0 Å². The Labute approximate surface area is 133 Å². The van der Waals surface area contributed by atoms with Gasteiger partial charge in [-0.15, -0.1) is 0 Å². The number of aromatic nitrogens is 3. The third kappa shape index (κ3) is 3.62. The summed E-state index contributed by atoms with van der Waals surface area (Å²) in [6.07, 6.45) is 4.81. The number of rotatable bonds is 5. The van der Waals surface area contributed by atoms with Gasteiger partial charge in [0, 0.05) is 18.6 Å². The van der Waals surface area contributed by atoms with E-state index in [0.29, 0.717) is 17.2 Å². The highest BCUT2D eigenvalue weighted by Gasteiger charge is 2.18. The minimum absolute atomic E-state index is 0.176. The van der Waals surface area contributed by atoms with Crippen molar-refractivity contribution in [3.63, 3.8) is 0 Å². The maximum atomic E-state index is 12.7. The van der Waals surface area contributed by atoms with Gasteiger partial charge in [-0.1, -0.05) is 18.2 Å². The summed E-state index contributed by atoms with van der Waals surface area (Å²) in [5.74, 6) is 0.225. The highest BCUT2D eigenvalue weighted by atomic mass is 16.1. The van der Waals surface area contributed by atoms with E-state index in [9.17, 15) is 4.79 Å². The third-order valence-corrected chi connectivity index (χ3v) is 2.97. The Hall–Kier alpha value is -3.41. The van der Waals surface area contributed by atoms with Crippen LogP contribution in [0.15, 0.2) is 78.3 Å². The number of carbonyl (C=O) groups excluding carboxylic acids is 1. The molecule has 6 heteroatoms. The second-order valence-corrected chi connectivity index (χ2v) is 4.55. The molecule has 23 heavy (non-hydrogen) atoms. The van der Waals surface area contributed by atoms with Crippen molar-refractivity contribution >= 4 is 17.3 Å². The van der Waals surface area contributed by atoms with E-state index in [2.05, 4.69) is 25.5 Å². The van der Waals surface area contributed by atoms with Crippen LogP contribution in [-0.4, -0.2) is 26.4 Å². The van der Waals surface area contributed by atoms with Crippen molar-refractivity contribution in [2.45, 2.75) is 0 Å². The Morgan fingerprint density at radius 1 is 0.783 bits per heavy atom. The molecule has 0 saturated heterocycles. The standard InChI is InChI=1S/C17H13N5O/c23-17(14-8-2-5-11-19-14)16(13-7-1-4-10-18-13)22-21-15-9-3-6-12-20-15/h1-12H,(H,20,21). The Bertz CT molecular complexity index is 804. The number of anilines is 1. The molecule has 0 atom stereocenters. The van der Waals surface area contributed by atoms with E-state index < -0.39 is 0 Å². The molecule has 3 rings (SSSR count). The van der Waals surface area contributed by atoms with Crippen LogP contribution in [0.4, 0.5) is 5.82 Å². The fourth-order valence-electron chi connectivity index (χ4n) is 1.89. The van der Waals surface area contributed by atoms with E-state index in [1.165, 1.54) is 0 Å². The van der Waals surface area contributed by atoms with Crippen LogP contribution in [0.5, 0.6) is 0 Å². The summed E-state index contributed by atoms with van der Waals surface area (Å²) >= 11 is 0. The summed E-state index contributed by atoms with van der Waals surface area (Å²) in [5, 5.41) is 4.19. The fourth-order valence-corrected chi connectivity index (χ4v) is 1.89. The van der Waals surface area contributed by atoms with Crippen LogP contribution >= 0.6 is 0 Å². The molecule has 3 heterocycles. The molecule has 0 aliphatic heterocycles. The number of nitrogens with one attached hydrogen (secondary N) is 1. The van der Waals surface area contributed by atoms with E-state index in [-0.39, 0.29) is 11.5 Å². The lowest BCUT2D eigenvalue weighted by molar-refractivity contribution is 0.106. The predicted molar refractivity (Wildman–Crippen MR) is 87.2 cm³/mol. The second-order valence-electron chi connectivity index (χ2n) is 4.55. The van der Waals surface area contributed by atoms with E-state index in [4.69, 9.17) is 0 Å². The van der Waals surface area contributed by atoms with E-state index >= 15 is 0 Å². The first-order valence-corrected chi connectivity index (χ1v) is 6.96. The zero-order valence-corrected chi connectivity index (χ0v) is 12.1. The zero-order chi connectivity index (χ0) is 15.9. The molecule has 0 spiro atoms. The van der Waals surface area contributed by atoms with Crippen molar-refractivity contribution in [3.8, 4) is 0 Å². The number of carbonyl (C=O) groups is 1. The number of hydrogen-bond acceptors (Lipinski definition) is 6. The quantitative estimate of drug-likeness (QED) is 0.445. The van der Waals surface area contributed by atoms with E-state index in [1.54, 1.807) is 67.1 Å². The van der Waals surface area contributed by atoms with Crippen molar-refractivity contribution in [2.75, 3.05) is 5.43 Å². The fraction of sp³-hybridized carbons (Fsp3) is 0. The Morgan fingerprint density at radius 2 is 1.39 bits per heavy atom. The first-order chi connectivity index (χ1) is 11.3. The summed E-state index contributed by atoms with van der Waals surface area (Å²) < 4.78 is 0. The van der Waals surface area contributed by atoms with Crippen LogP contribution in [0.1, 0.15) is 16.2 Å². The molecule has 0 aromatic carbocycles. The summed E-state index contributed by atoms with van der Waals surface area (Å²) in [6.45, 7) is 0. The third-order valence-electron chi connectivity index (χ3n) is 2.97. The molecule has 0 aliphatic rings. The molecule has 6 nitrogen and oxygen atoms in total. The Morgan fingerprint density at radius 3 is 1.96 bits per heavy atom. The van der Waals surface area contributed by atoms with Gasteiger partial charge in [-0.3, -0.25) is 20.2 Å². The summed E-state index contributed by atoms with van der Waals surface area (Å²) in [5.41, 5.74) is 3.73. The topological polar surface area (TPSA) is 80.1 Å². The minimum Gasteiger partial charge on any atom is -0.285 e. The molecular weight excluding hydrogens is 290 g/mol. The van der Waals surface area contributed by atoms with E-state index in [1.807, 2.05) is 6.07 Å². The van der Waals surface area contributed by atoms with Crippen LogP contribution in [0.2, 0.25) is 0 Å². The first kappa shape index (κ1) is 14.5.